The van der Waals surface area contributed by atoms with Gasteiger partial charge in [-0.15, -0.1) is 0 Å². The molecule has 4 heteroatoms. The molecule has 0 aliphatic rings. The molecule has 13 heavy (non-hydrogen) atoms. The van der Waals surface area contributed by atoms with Crippen molar-refractivity contribution in [2.45, 2.75) is 13.0 Å². The van der Waals surface area contributed by atoms with Crippen molar-refractivity contribution in [1.29, 1.82) is 0 Å². The van der Waals surface area contributed by atoms with Crippen molar-refractivity contribution in [3.05, 3.63) is 34.3 Å². The van der Waals surface area contributed by atoms with Gasteiger partial charge < -0.3 is 11.1 Å². The highest BCUT2D eigenvalue weighted by Crippen LogP contribution is 2.22. The summed E-state index contributed by atoms with van der Waals surface area (Å²) in [6.45, 7) is 1.88. The van der Waals surface area contributed by atoms with Crippen LogP contribution in [0.2, 0.25) is 0 Å². The maximum atomic E-state index is 10.6. The van der Waals surface area contributed by atoms with Crippen molar-refractivity contribution >= 4 is 22.0 Å². The van der Waals surface area contributed by atoms with Crippen molar-refractivity contribution in [2.75, 3.05) is 0 Å². The summed E-state index contributed by atoms with van der Waals surface area (Å²) in [5, 5.41) is 2.61. The summed E-state index contributed by atoms with van der Waals surface area (Å²) in [4.78, 5) is 10.6. The Morgan fingerprint density at radius 3 is 2.69 bits per heavy atom. The van der Waals surface area contributed by atoms with Gasteiger partial charge in [-0.25, -0.2) is 4.79 Å². The SMILES string of the molecule is CC(NC(N)=O)c1ccccc1Br. The number of hydrogen-bond donors (Lipinski definition) is 2. The van der Waals surface area contributed by atoms with Crippen molar-refractivity contribution in [3.8, 4) is 0 Å². The Labute approximate surface area is 85.4 Å². The smallest absolute Gasteiger partial charge is 0.312 e. The number of rotatable bonds is 2. The molecule has 1 aromatic carbocycles. The fourth-order valence-electron chi connectivity index (χ4n) is 1.12. The van der Waals surface area contributed by atoms with E-state index in [9.17, 15) is 4.79 Å². The highest BCUT2D eigenvalue weighted by molar-refractivity contribution is 9.10. The topological polar surface area (TPSA) is 55.1 Å². The van der Waals surface area contributed by atoms with E-state index in [1.807, 2.05) is 31.2 Å². The Hall–Kier alpha value is -1.03. The van der Waals surface area contributed by atoms with Crippen LogP contribution in [0.15, 0.2) is 28.7 Å². The number of amides is 2. The van der Waals surface area contributed by atoms with Crippen LogP contribution in [0.5, 0.6) is 0 Å². The quantitative estimate of drug-likeness (QED) is 0.821. The van der Waals surface area contributed by atoms with Crippen LogP contribution >= 0.6 is 15.9 Å². The molecule has 70 valence electrons. The van der Waals surface area contributed by atoms with E-state index in [-0.39, 0.29) is 6.04 Å². The molecule has 0 heterocycles. The zero-order valence-electron chi connectivity index (χ0n) is 7.25. The largest absolute Gasteiger partial charge is 0.352 e. The summed E-state index contributed by atoms with van der Waals surface area (Å²) in [7, 11) is 0. The molecular weight excluding hydrogens is 232 g/mol. The Balaban J connectivity index is 2.82. The van der Waals surface area contributed by atoms with Gasteiger partial charge in [0.15, 0.2) is 0 Å². The first-order valence-corrected chi connectivity index (χ1v) is 4.71. The summed E-state index contributed by atoms with van der Waals surface area (Å²) in [6.07, 6.45) is 0. The molecule has 1 rings (SSSR count). The predicted molar refractivity (Wildman–Crippen MR) is 55.3 cm³/mol. The number of halogens is 1. The molecule has 1 atom stereocenters. The molecule has 0 aromatic heterocycles. The lowest BCUT2D eigenvalue weighted by Gasteiger charge is -2.13. The molecule has 0 saturated carbocycles. The van der Waals surface area contributed by atoms with E-state index in [1.165, 1.54) is 0 Å². The van der Waals surface area contributed by atoms with Crippen molar-refractivity contribution in [2.24, 2.45) is 5.73 Å². The van der Waals surface area contributed by atoms with Gasteiger partial charge in [0, 0.05) is 4.47 Å². The molecule has 1 aromatic rings. The fraction of sp³-hybridized carbons (Fsp3) is 0.222. The van der Waals surface area contributed by atoms with E-state index in [0.717, 1.165) is 10.0 Å². The van der Waals surface area contributed by atoms with Crippen LogP contribution in [0, 0.1) is 0 Å². The summed E-state index contributed by atoms with van der Waals surface area (Å²) in [5.74, 6) is 0. The van der Waals surface area contributed by atoms with E-state index >= 15 is 0 Å². The second kappa shape index (κ2) is 4.28. The number of hydrogen-bond acceptors (Lipinski definition) is 1. The molecule has 0 radical (unpaired) electrons. The summed E-state index contributed by atoms with van der Waals surface area (Å²) >= 11 is 3.39. The van der Waals surface area contributed by atoms with E-state index in [0.29, 0.717) is 0 Å². The first kappa shape index (κ1) is 10.1. The van der Waals surface area contributed by atoms with Crippen LogP contribution in [0.25, 0.3) is 0 Å². The third kappa shape index (κ3) is 2.73. The predicted octanol–water partition coefficient (Wildman–Crippen LogP) is 2.18. The van der Waals surface area contributed by atoms with Gasteiger partial charge in [0.1, 0.15) is 0 Å². The van der Waals surface area contributed by atoms with Gasteiger partial charge in [0.2, 0.25) is 0 Å². The first-order chi connectivity index (χ1) is 6.11. The fourth-order valence-corrected chi connectivity index (χ4v) is 1.75. The highest BCUT2D eigenvalue weighted by atomic mass is 79.9. The van der Waals surface area contributed by atoms with Crippen molar-refractivity contribution in [3.63, 3.8) is 0 Å². The van der Waals surface area contributed by atoms with Gasteiger partial charge in [0.25, 0.3) is 0 Å². The molecule has 3 N–H and O–H groups in total. The number of nitrogens with one attached hydrogen (secondary N) is 1. The first-order valence-electron chi connectivity index (χ1n) is 3.91. The van der Waals surface area contributed by atoms with Crippen LogP contribution in [0.3, 0.4) is 0 Å². The van der Waals surface area contributed by atoms with Gasteiger partial charge in [-0.1, -0.05) is 34.1 Å². The molecule has 0 aliphatic carbocycles. The summed E-state index contributed by atoms with van der Waals surface area (Å²) in [5.41, 5.74) is 6.03. The normalized spacial score (nSPS) is 12.2. The van der Waals surface area contributed by atoms with Gasteiger partial charge in [-0.3, -0.25) is 0 Å². The van der Waals surface area contributed by atoms with Crippen molar-refractivity contribution < 1.29 is 4.79 Å². The maximum Gasteiger partial charge on any atom is 0.312 e. The zero-order valence-corrected chi connectivity index (χ0v) is 8.84. The second-order valence-corrected chi connectivity index (χ2v) is 3.61. The van der Waals surface area contributed by atoms with Gasteiger partial charge in [0.05, 0.1) is 6.04 Å². The molecule has 0 aliphatic heterocycles. The van der Waals surface area contributed by atoms with Crippen LogP contribution < -0.4 is 11.1 Å². The average molecular weight is 243 g/mol. The molecule has 0 spiro atoms. The molecule has 0 saturated heterocycles. The number of urea groups is 1. The van der Waals surface area contributed by atoms with Crippen LogP contribution in [0.4, 0.5) is 4.79 Å². The number of carbonyl (C=O) groups is 1. The lowest BCUT2D eigenvalue weighted by Crippen LogP contribution is -2.31. The molecular formula is C9H11BrN2O. The van der Waals surface area contributed by atoms with Gasteiger partial charge in [-0.05, 0) is 18.6 Å². The summed E-state index contributed by atoms with van der Waals surface area (Å²) in [6, 6.07) is 7.11. The lowest BCUT2D eigenvalue weighted by molar-refractivity contribution is 0.246. The Morgan fingerprint density at radius 1 is 1.54 bits per heavy atom. The van der Waals surface area contributed by atoms with Crippen molar-refractivity contribution in [1.82, 2.24) is 5.32 Å². The molecule has 1 unspecified atom stereocenters. The monoisotopic (exact) mass is 242 g/mol. The number of carbonyl (C=O) groups excluding carboxylic acids is 1. The Kier molecular flexibility index (Phi) is 3.31. The molecule has 2 amide bonds. The van der Waals surface area contributed by atoms with E-state index < -0.39 is 6.03 Å². The standard InChI is InChI=1S/C9H11BrN2O/c1-6(12-9(11)13)7-4-2-3-5-8(7)10/h2-6H,1H3,(H3,11,12,13). The van der Waals surface area contributed by atoms with E-state index in [1.54, 1.807) is 0 Å². The third-order valence-electron chi connectivity index (χ3n) is 1.73. The molecule has 0 fully saturated rings. The number of benzene rings is 1. The lowest BCUT2D eigenvalue weighted by atomic mass is 10.1. The van der Waals surface area contributed by atoms with E-state index in [2.05, 4.69) is 21.2 Å². The zero-order chi connectivity index (χ0) is 9.84. The van der Waals surface area contributed by atoms with Crippen LogP contribution in [0.1, 0.15) is 18.5 Å². The van der Waals surface area contributed by atoms with Gasteiger partial charge in [-0.2, -0.15) is 0 Å². The minimum atomic E-state index is -0.511. The minimum Gasteiger partial charge on any atom is -0.352 e. The van der Waals surface area contributed by atoms with E-state index in [4.69, 9.17) is 5.73 Å². The minimum absolute atomic E-state index is 0.0759. The van der Waals surface area contributed by atoms with Crippen LogP contribution in [-0.2, 0) is 0 Å². The highest BCUT2D eigenvalue weighted by Gasteiger charge is 2.08. The Morgan fingerprint density at radius 2 is 2.15 bits per heavy atom. The average Bonchev–Trinajstić information content (AvgIpc) is 2.03. The molecule has 3 nitrogen and oxygen atoms in total. The second-order valence-electron chi connectivity index (χ2n) is 2.75. The van der Waals surface area contributed by atoms with Crippen LogP contribution in [-0.4, -0.2) is 6.03 Å². The maximum absolute atomic E-state index is 10.6. The summed E-state index contributed by atoms with van der Waals surface area (Å²) < 4.78 is 0.969. The third-order valence-corrected chi connectivity index (χ3v) is 2.45. The Bertz CT molecular complexity index is 314. The number of nitrogens with two attached hydrogens (primary N) is 1. The molecule has 0 bridgehead atoms. The van der Waals surface area contributed by atoms with Gasteiger partial charge >= 0.3 is 6.03 Å². The number of primary amides is 1.